The van der Waals surface area contributed by atoms with Crippen LogP contribution in [0.4, 0.5) is 0 Å². The highest BCUT2D eigenvalue weighted by atomic mass is 28.3. The Morgan fingerprint density at radius 1 is 0.333 bits per heavy atom. The number of furan rings is 1. The van der Waals surface area contributed by atoms with Crippen LogP contribution in [0.1, 0.15) is 0 Å². The third-order valence-corrected chi connectivity index (χ3v) is 15.3. The first-order chi connectivity index (χ1) is 25.3. The molecule has 2 aromatic heterocycles. The average molecular weight is 668 g/mol. The summed E-state index contributed by atoms with van der Waals surface area (Å²) >= 11 is 0. The van der Waals surface area contributed by atoms with Crippen molar-refractivity contribution in [3.63, 3.8) is 0 Å². The number of hydrogen-bond acceptors (Lipinski definition) is 1. The van der Waals surface area contributed by atoms with Gasteiger partial charge in [-0.05, 0) is 74.3 Å². The van der Waals surface area contributed by atoms with Crippen LogP contribution < -0.4 is 20.7 Å². The van der Waals surface area contributed by atoms with Crippen molar-refractivity contribution in [1.29, 1.82) is 0 Å². The van der Waals surface area contributed by atoms with Crippen molar-refractivity contribution in [2.75, 3.05) is 0 Å². The summed E-state index contributed by atoms with van der Waals surface area (Å²) < 4.78 is 8.77. The first-order valence-corrected chi connectivity index (χ1v) is 19.5. The van der Waals surface area contributed by atoms with E-state index in [0.29, 0.717) is 0 Å². The number of benzene rings is 8. The normalized spacial score (nSPS) is 11.9. The molecule has 0 aliphatic rings. The summed E-state index contributed by atoms with van der Waals surface area (Å²) in [5.41, 5.74) is 7.75. The first-order valence-electron chi connectivity index (χ1n) is 17.5. The lowest BCUT2D eigenvalue weighted by molar-refractivity contribution is 0.669. The van der Waals surface area contributed by atoms with Crippen LogP contribution in [-0.2, 0) is 0 Å². The molecule has 51 heavy (non-hydrogen) atoms. The number of hydrogen-bond donors (Lipinski definition) is 0. The summed E-state index contributed by atoms with van der Waals surface area (Å²) in [7, 11) is -2.87. The van der Waals surface area contributed by atoms with Crippen molar-refractivity contribution < 1.29 is 4.42 Å². The molecule has 0 amide bonds. The number of nitrogens with zero attached hydrogens (tertiary/aromatic N) is 1. The highest BCUT2D eigenvalue weighted by Crippen LogP contribution is 2.34. The summed E-state index contributed by atoms with van der Waals surface area (Å²) in [4.78, 5) is 0. The molecule has 2 heterocycles. The molecule has 10 rings (SSSR count). The van der Waals surface area contributed by atoms with E-state index >= 15 is 0 Å². The molecule has 0 spiro atoms. The Morgan fingerprint density at radius 3 is 1.65 bits per heavy atom. The van der Waals surface area contributed by atoms with E-state index in [2.05, 4.69) is 193 Å². The smallest absolute Gasteiger partial charge is 0.179 e. The molecular weight excluding hydrogens is 635 g/mol. The number of aromatic nitrogens is 1. The van der Waals surface area contributed by atoms with E-state index < -0.39 is 8.07 Å². The molecule has 0 N–H and O–H groups in total. The fourth-order valence-electron chi connectivity index (χ4n) is 8.27. The second-order valence-corrected chi connectivity index (χ2v) is 17.1. The molecule has 0 radical (unpaired) electrons. The Kier molecular flexibility index (Phi) is 6.86. The summed E-state index contributed by atoms with van der Waals surface area (Å²) in [5, 5.41) is 10.2. The topological polar surface area (TPSA) is 18.1 Å². The van der Waals surface area contributed by atoms with Gasteiger partial charge in [0, 0.05) is 27.2 Å². The molecule has 0 saturated heterocycles. The van der Waals surface area contributed by atoms with Gasteiger partial charge in [0.2, 0.25) is 0 Å². The number of rotatable bonds is 6. The predicted octanol–water partition coefficient (Wildman–Crippen LogP) is 9.73. The lowest BCUT2D eigenvalue weighted by atomic mass is 10.0. The molecule has 0 unspecified atom stereocenters. The monoisotopic (exact) mass is 667 g/mol. The molecule has 2 nitrogen and oxygen atoms in total. The molecule has 0 aliphatic carbocycles. The molecule has 0 aliphatic heterocycles. The maximum atomic E-state index is 6.34. The zero-order valence-electron chi connectivity index (χ0n) is 27.9. The largest absolute Gasteiger partial charge is 0.456 e. The van der Waals surface area contributed by atoms with E-state index in [0.717, 1.165) is 33.2 Å². The Hall–Kier alpha value is -6.42. The summed E-state index contributed by atoms with van der Waals surface area (Å²) in [5.74, 6) is 0. The van der Waals surface area contributed by atoms with Crippen molar-refractivity contribution in [1.82, 2.24) is 4.57 Å². The van der Waals surface area contributed by atoms with E-state index in [1.165, 1.54) is 48.1 Å². The third-order valence-electron chi connectivity index (χ3n) is 10.5. The minimum atomic E-state index is -2.87. The van der Waals surface area contributed by atoms with Gasteiger partial charge in [0.15, 0.2) is 8.07 Å². The van der Waals surface area contributed by atoms with Crippen LogP contribution in [0.25, 0.3) is 60.6 Å². The lowest BCUT2D eigenvalue weighted by Crippen LogP contribution is -2.74. The number of para-hydroxylation sites is 3. The summed E-state index contributed by atoms with van der Waals surface area (Å²) in [6, 6.07) is 73.4. The van der Waals surface area contributed by atoms with E-state index in [1.807, 2.05) is 12.1 Å². The van der Waals surface area contributed by atoms with Gasteiger partial charge in [0.25, 0.3) is 0 Å². The van der Waals surface area contributed by atoms with Crippen LogP contribution in [0.5, 0.6) is 0 Å². The van der Waals surface area contributed by atoms with Crippen molar-refractivity contribution in [2.45, 2.75) is 0 Å². The van der Waals surface area contributed by atoms with Gasteiger partial charge in [-0.15, -0.1) is 0 Å². The van der Waals surface area contributed by atoms with Gasteiger partial charge in [-0.1, -0.05) is 158 Å². The van der Waals surface area contributed by atoms with Gasteiger partial charge in [-0.25, -0.2) is 0 Å². The van der Waals surface area contributed by atoms with Gasteiger partial charge in [-0.3, -0.25) is 0 Å². The van der Waals surface area contributed by atoms with Crippen LogP contribution in [0.15, 0.2) is 205 Å². The van der Waals surface area contributed by atoms with Crippen molar-refractivity contribution in [3.8, 4) is 16.8 Å². The zero-order valence-corrected chi connectivity index (χ0v) is 28.9. The molecule has 0 fully saturated rings. The van der Waals surface area contributed by atoms with E-state index in [4.69, 9.17) is 4.42 Å². The lowest BCUT2D eigenvalue weighted by Gasteiger charge is -2.35. The van der Waals surface area contributed by atoms with Gasteiger partial charge < -0.3 is 8.98 Å². The highest BCUT2D eigenvalue weighted by molar-refractivity contribution is 7.20. The molecule has 0 bridgehead atoms. The molecule has 0 saturated carbocycles. The Bertz CT molecular complexity index is 2810. The molecular formula is C48H33NOSi. The van der Waals surface area contributed by atoms with Crippen LogP contribution in [0.2, 0.25) is 0 Å². The quantitative estimate of drug-likeness (QED) is 0.128. The first kappa shape index (κ1) is 29.5. The standard InChI is InChI=1S/C48H33NOSi/c1-4-16-36(17-5-1)49-45-25-12-10-23-41(45)42-30-28-40(33-46(42)49)51(37-18-6-2-7-19-37,38-20-8-3-9-21-38)39-22-14-15-34(31-39)35-27-29-44-43-24-11-13-26-47(43)50-48(44)32-35/h1-33H. The van der Waals surface area contributed by atoms with Crippen LogP contribution >= 0.6 is 0 Å². The molecule has 10 aromatic rings. The van der Waals surface area contributed by atoms with Crippen LogP contribution in [0, 0.1) is 0 Å². The summed E-state index contributed by atoms with van der Waals surface area (Å²) in [6.07, 6.45) is 0. The maximum absolute atomic E-state index is 6.34. The van der Waals surface area contributed by atoms with Gasteiger partial charge in [0.1, 0.15) is 11.2 Å². The summed E-state index contributed by atoms with van der Waals surface area (Å²) in [6.45, 7) is 0. The predicted molar refractivity (Wildman–Crippen MR) is 217 cm³/mol. The average Bonchev–Trinajstić information content (AvgIpc) is 3.75. The molecule has 8 aromatic carbocycles. The Balaban J connectivity index is 1.26. The van der Waals surface area contributed by atoms with Crippen LogP contribution in [0.3, 0.4) is 0 Å². The van der Waals surface area contributed by atoms with Crippen LogP contribution in [-0.4, -0.2) is 12.6 Å². The fraction of sp³-hybridized carbons (Fsp3) is 0. The van der Waals surface area contributed by atoms with E-state index in [1.54, 1.807) is 0 Å². The second kappa shape index (κ2) is 11.9. The molecule has 3 heteroatoms. The van der Waals surface area contributed by atoms with Gasteiger partial charge >= 0.3 is 0 Å². The van der Waals surface area contributed by atoms with Crippen molar-refractivity contribution in [2.24, 2.45) is 0 Å². The Labute approximate surface area is 297 Å². The van der Waals surface area contributed by atoms with Gasteiger partial charge in [-0.2, -0.15) is 0 Å². The van der Waals surface area contributed by atoms with Crippen molar-refractivity contribution >= 4 is 72.6 Å². The molecule has 240 valence electrons. The SMILES string of the molecule is c1ccc(-n2c3ccccc3c3ccc([Si](c4ccccc4)(c4ccccc4)c4cccc(-c5ccc6c(c5)oc5ccccc56)c4)cc32)cc1. The van der Waals surface area contributed by atoms with Crippen molar-refractivity contribution in [3.05, 3.63) is 200 Å². The Morgan fingerprint density at radius 2 is 0.882 bits per heavy atom. The zero-order chi connectivity index (χ0) is 33.8. The van der Waals surface area contributed by atoms with E-state index in [9.17, 15) is 0 Å². The molecule has 0 atom stereocenters. The number of fused-ring (bicyclic) bond motifs is 6. The highest BCUT2D eigenvalue weighted by Gasteiger charge is 2.42. The second-order valence-electron chi connectivity index (χ2n) is 13.3. The third kappa shape index (κ3) is 4.63. The maximum Gasteiger partial charge on any atom is 0.179 e. The minimum absolute atomic E-state index is 0.910. The van der Waals surface area contributed by atoms with E-state index in [-0.39, 0.29) is 0 Å². The fourth-order valence-corrected chi connectivity index (χ4v) is 13.1. The van der Waals surface area contributed by atoms with Gasteiger partial charge in [0.05, 0.1) is 11.0 Å². The minimum Gasteiger partial charge on any atom is -0.456 e.